The normalized spacial score (nSPS) is 10.1. The van der Waals surface area contributed by atoms with E-state index in [0.29, 0.717) is 17.9 Å². The number of nitrogens with zero attached hydrogens (tertiary/aromatic N) is 3. The molecule has 0 aromatic carbocycles. The summed E-state index contributed by atoms with van der Waals surface area (Å²) in [6, 6.07) is 5.45. The summed E-state index contributed by atoms with van der Waals surface area (Å²) in [5.74, 6) is 0.593. The molecule has 1 N–H and O–H groups in total. The van der Waals surface area contributed by atoms with E-state index < -0.39 is 0 Å². The fourth-order valence-corrected chi connectivity index (χ4v) is 1.41. The van der Waals surface area contributed by atoms with Gasteiger partial charge in [0.25, 0.3) is 0 Å². The molecule has 2 aromatic heterocycles. The van der Waals surface area contributed by atoms with Crippen molar-refractivity contribution in [2.24, 2.45) is 0 Å². The Labute approximate surface area is 93.1 Å². The minimum Gasteiger partial charge on any atom is -0.284 e. The van der Waals surface area contributed by atoms with E-state index >= 15 is 0 Å². The largest absolute Gasteiger partial charge is 0.284 e. The van der Waals surface area contributed by atoms with Gasteiger partial charge >= 0.3 is 0 Å². The standard InChI is InChI=1S/C11H12N4O/c1-2-11(16)15(9-7-13-14-8-9)10-5-3-4-6-12-10/h3-8H,2H2,1H3,(H,13,14). The van der Waals surface area contributed by atoms with Crippen LogP contribution in [0.15, 0.2) is 36.8 Å². The van der Waals surface area contributed by atoms with Crippen molar-refractivity contribution in [3.8, 4) is 0 Å². The highest BCUT2D eigenvalue weighted by atomic mass is 16.2. The number of rotatable bonds is 3. The Morgan fingerprint density at radius 1 is 1.50 bits per heavy atom. The van der Waals surface area contributed by atoms with Gasteiger partial charge < -0.3 is 0 Å². The summed E-state index contributed by atoms with van der Waals surface area (Å²) >= 11 is 0. The quantitative estimate of drug-likeness (QED) is 0.852. The third-order valence-electron chi connectivity index (χ3n) is 2.17. The minimum atomic E-state index is -0.0138. The molecule has 2 rings (SSSR count). The van der Waals surface area contributed by atoms with Crippen molar-refractivity contribution in [1.29, 1.82) is 0 Å². The number of carbonyl (C=O) groups excluding carboxylic acids is 1. The number of amides is 1. The third kappa shape index (κ3) is 1.93. The SMILES string of the molecule is CCC(=O)N(c1cn[nH]c1)c1ccccn1. The van der Waals surface area contributed by atoms with Crippen LogP contribution in [0.1, 0.15) is 13.3 Å². The zero-order chi connectivity index (χ0) is 11.4. The van der Waals surface area contributed by atoms with Gasteiger partial charge in [0.15, 0.2) is 0 Å². The number of H-pyrrole nitrogens is 1. The first-order valence-corrected chi connectivity index (χ1v) is 5.05. The highest BCUT2D eigenvalue weighted by Gasteiger charge is 2.17. The maximum atomic E-state index is 11.9. The Hall–Kier alpha value is -2.17. The van der Waals surface area contributed by atoms with E-state index in [4.69, 9.17) is 0 Å². The number of aromatic amines is 1. The molecule has 0 saturated carbocycles. The van der Waals surface area contributed by atoms with Crippen molar-refractivity contribution in [1.82, 2.24) is 15.2 Å². The molecule has 0 saturated heterocycles. The van der Waals surface area contributed by atoms with Crippen LogP contribution in [-0.2, 0) is 4.79 Å². The molecule has 0 fully saturated rings. The fourth-order valence-electron chi connectivity index (χ4n) is 1.41. The van der Waals surface area contributed by atoms with E-state index in [0.717, 1.165) is 0 Å². The van der Waals surface area contributed by atoms with Crippen LogP contribution in [0, 0.1) is 0 Å². The maximum absolute atomic E-state index is 11.9. The summed E-state index contributed by atoms with van der Waals surface area (Å²) in [7, 11) is 0. The second-order valence-corrected chi connectivity index (χ2v) is 3.23. The van der Waals surface area contributed by atoms with Crippen molar-refractivity contribution < 1.29 is 4.79 Å². The summed E-state index contributed by atoms with van der Waals surface area (Å²) in [5, 5.41) is 6.53. The molecular formula is C11H12N4O. The Balaban J connectivity index is 2.40. The van der Waals surface area contributed by atoms with Crippen LogP contribution in [0.2, 0.25) is 0 Å². The van der Waals surface area contributed by atoms with Crippen LogP contribution in [0.3, 0.4) is 0 Å². The van der Waals surface area contributed by atoms with Gasteiger partial charge in [-0.05, 0) is 12.1 Å². The molecule has 0 spiro atoms. The summed E-state index contributed by atoms with van der Waals surface area (Å²) < 4.78 is 0. The van der Waals surface area contributed by atoms with Gasteiger partial charge in [-0.1, -0.05) is 13.0 Å². The number of hydrogen-bond donors (Lipinski definition) is 1. The van der Waals surface area contributed by atoms with Crippen molar-refractivity contribution in [3.63, 3.8) is 0 Å². The molecule has 0 bridgehead atoms. The molecule has 2 heterocycles. The van der Waals surface area contributed by atoms with E-state index in [1.807, 2.05) is 19.1 Å². The van der Waals surface area contributed by atoms with Gasteiger partial charge in [-0.15, -0.1) is 0 Å². The monoisotopic (exact) mass is 216 g/mol. The molecule has 0 atom stereocenters. The summed E-state index contributed by atoms with van der Waals surface area (Å²) in [4.78, 5) is 17.6. The zero-order valence-electron chi connectivity index (χ0n) is 8.92. The van der Waals surface area contributed by atoms with Crippen LogP contribution in [0.5, 0.6) is 0 Å². The molecular weight excluding hydrogens is 204 g/mol. The summed E-state index contributed by atoms with van der Waals surface area (Å²) in [6.07, 6.45) is 5.34. The molecule has 5 nitrogen and oxygen atoms in total. The second kappa shape index (κ2) is 4.57. The first-order valence-electron chi connectivity index (χ1n) is 5.05. The molecule has 0 aliphatic rings. The Morgan fingerprint density at radius 3 is 2.94 bits per heavy atom. The van der Waals surface area contributed by atoms with Gasteiger partial charge in [0.05, 0.1) is 11.9 Å². The van der Waals surface area contributed by atoms with E-state index in [9.17, 15) is 4.79 Å². The first kappa shape index (κ1) is 10.4. The predicted octanol–water partition coefficient (Wildman–Crippen LogP) is 1.88. The van der Waals surface area contributed by atoms with E-state index in [2.05, 4.69) is 15.2 Å². The zero-order valence-corrected chi connectivity index (χ0v) is 8.92. The lowest BCUT2D eigenvalue weighted by Gasteiger charge is -2.18. The second-order valence-electron chi connectivity index (χ2n) is 3.23. The average Bonchev–Trinajstić information content (AvgIpc) is 2.84. The van der Waals surface area contributed by atoms with Gasteiger partial charge in [0.1, 0.15) is 5.82 Å². The Bertz CT molecular complexity index is 452. The lowest BCUT2D eigenvalue weighted by Crippen LogP contribution is -2.25. The molecule has 0 unspecified atom stereocenters. The number of hydrogen-bond acceptors (Lipinski definition) is 3. The molecule has 2 aromatic rings. The highest BCUT2D eigenvalue weighted by Crippen LogP contribution is 2.22. The smallest absolute Gasteiger partial charge is 0.232 e. The molecule has 1 amide bonds. The van der Waals surface area contributed by atoms with Crippen molar-refractivity contribution >= 4 is 17.4 Å². The van der Waals surface area contributed by atoms with Gasteiger partial charge in [0.2, 0.25) is 5.91 Å². The number of carbonyl (C=O) groups is 1. The first-order chi connectivity index (χ1) is 7.83. The molecule has 0 aliphatic carbocycles. The average molecular weight is 216 g/mol. The molecule has 5 heteroatoms. The summed E-state index contributed by atoms with van der Waals surface area (Å²) in [5.41, 5.74) is 0.700. The van der Waals surface area contributed by atoms with Crippen molar-refractivity contribution in [2.75, 3.05) is 4.90 Å². The lowest BCUT2D eigenvalue weighted by molar-refractivity contribution is -0.117. The predicted molar refractivity (Wildman–Crippen MR) is 60.3 cm³/mol. The maximum Gasteiger partial charge on any atom is 0.232 e. The number of pyridine rings is 1. The van der Waals surface area contributed by atoms with E-state index in [1.54, 1.807) is 29.6 Å². The van der Waals surface area contributed by atoms with Crippen molar-refractivity contribution in [3.05, 3.63) is 36.8 Å². The van der Waals surface area contributed by atoms with E-state index in [1.165, 1.54) is 0 Å². The Kier molecular flexibility index (Phi) is 2.95. The van der Waals surface area contributed by atoms with Crippen LogP contribution >= 0.6 is 0 Å². The van der Waals surface area contributed by atoms with Gasteiger partial charge in [-0.3, -0.25) is 14.8 Å². The fraction of sp³-hybridized carbons (Fsp3) is 0.182. The topological polar surface area (TPSA) is 61.9 Å². The van der Waals surface area contributed by atoms with Crippen LogP contribution < -0.4 is 4.90 Å². The number of nitrogens with one attached hydrogen (secondary N) is 1. The van der Waals surface area contributed by atoms with Gasteiger partial charge in [0, 0.05) is 18.8 Å². The van der Waals surface area contributed by atoms with E-state index in [-0.39, 0.29) is 5.91 Å². The molecule has 82 valence electrons. The van der Waals surface area contributed by atoms with Gasteiger partial charge in [-0.2, -0.15) is 5.10 Å². The van der Waals surface area contributed by atoms with Crippen LogP contribution in [0.25, 0.3) is 0 Å². The molecule has 0 radical (unpaired) electrons. The minimum absolute atomic E-state index is 0.0138. The molecule has 0 aliphatic heterocycles. The molecule has 16 heavy (non-hydrogen) atoms. The van der Waals surface area contributed by atoms with Crippen LogP contribution in [-0.4, -0.2) is 21.1 Å². The lowest BCUT2D eigenvalue weighted by atomic mass is 10.3. The summed E-state index contributed by atoms with van der Waals surface area (Å²) in [6.45, 7) is 1.82. The van der Waals surface area contributed by atoms with Crippen molar-refractivity contribution in [2.45, 2.75) is 13.3 Å². The van der Waals surface area contributed by atoms with Crippen LogP contribution in [0.4, 0.5) is 11.5 Å². The number of anilines is 2. The highest BCUT2D eigenvalue weighted by molar-refractivity contribution is 5.99. The van der Waals surface area contributed by atoms with Gasteiger partial charge in [-0.25, -0.2) is 4.98 Å². The Morgan fingerprint density at radius 2 is 2.38 bits per heavy atom. The number of aromatic nitrogens is 3. The third-order valence-corrected chi connectivity index (χ3v) is 2.17.